The second-order valence-electron chi connectivity index (χ2n) is 8.02. The number of carbonyl (C=O) groups is 2. The largest absolute Gasteiger partial charge is 0.618 e. The highest BCUT2D eigenvalue weighted by Gasteiger charge is 2.25. The highest BCUT2D eigenvalue weighted by molar-refractivity contribution is 5.93. The van der Waals surface area contributed by atoms with E-state index in [0.717, 1.165) is 5.56 Å². The van der Waals surface area contributed by atoms with Crippen LogP contribution in [-0.2, 0) is 16.8 Å². The lowest BCUT2D eigenvalue weighted by Crippen LogP contribution is -2.37. The minimum absolute atomic E-state index is 0.0295. The zero-order valence-corrected chi connectivity index (χ0v) is 17.7. The first-order valence-corrected chi connectivity index (χ1v) is 9.50. The summed E-state index contributed by atoms with van der Waals surface area (Å²) in [5.41, 5.74) is 1.97. The van der Waals surface area contributed by atoms with E-state index in [1.165, 1.54) is 20.1 Å². The average Bonchev–Trinajstić information content (AvgIpc) is 2.71. The number of benzene rings is 2. The van der Waals surface area contributed by atoms with Gasteiger partial charge in [0.15, 0.2) is 5.69 Å². The third-order valence-corrected chi connectivity index (χ3v) is 4.79. The Balaban J connectivity index is 1.89. The van der Waals surface area contributed by atoms with Gasteiger partial charge in [-0.25, -0.2) is 9.78 Å². The molecule has 0 N–H and O–H groups in total. The summed E-state index contributed by atoms with van der Waals surface area (Å²) in [6.07, 6.45) is 0. The van der Waals surface area contributed by atoms with Crippen LogP contribution in [0.4, 0.5) is 0 Å². The number of aromatic nitrogens is 2. The summed E-state index contributed by atoms with van der Waals surface area (Å²) in [4.78, 5) is 28.9. The molecule has 0 aliphatic rings. The van der Waals surface area contributed by atoms with E-state index in [0.29, 0.717) is 21.6 Å². The van der Waals surface area contributed by atoms with Gasteiger partial charge in [0.25, 0.3) is 5.69 Å². The number of hydrogen-bond donors (Lipinski definition) is 0. The van der Waals surface area contributed by atoms with Crippen molar-refractivity contribution in [1.29, 1.82) is 0 Å². The van der Waals surface area contributed by atoms with E-state index >= 15 is 0 Å². The predicted molar refractivity (Wildman–Crippen MR) is 112 cm³/mol. The molecular formula is C23H24N2O5. The molecule has 1 heterocycles. The van der Waals surface area contributed by atoms with Gasteiger partial charge in [-0.3, -0.25) is 4.79 Å². The minimum Gasteiger partial charge on any atom is -0.618 e. The lowest BCUT2D eigenvalue weighted by molar-refractivity contribution is -0.580. The van der Waals surface area contributed by atoms with E-state index in [2.05, 4.69) is 25.8 Å². The smallest absolute Gasteiger partial charge is 0.338 e. The molecule has 0 saturated carbocycles. The van der Waals surface area contributed by atoms with Gasteiger partial charge in [-0.2, -0.15) is 4.73 Å². The fraction of sp³-hybridized carbons (Fsp3) is 0.304. The Labute approximate surface area is 174 Å². The average molecular weight is 408 g/mol. The second-order valence-corrected chi connectivity index (χ2v) is 8.02. The molecule has 0 unspecified atom stereocenters. The molecule has 156 valence electrons. The van der Waals surface area contributed by atoms with Gasteiger partial charge >= 0.3 is 5.97 Å². The van der Waals surface area contributed by atoms with E-state index in [-0.39, 0.29) is 28.9 Å². The molecule has 30 heavy (non-hydrogen) atoms. The number of hydrogen-bond acceptors (Lipinski definition) is 6. The summed E-state index contributed by atoms with van der Waals surface area (Å²) in [6, 6.07) is 11.9. The molecule has 0 radical (unpaired) electrons. The summed E-state index contributed by atoms with van der Waals surface area (Å²) in [6.45, 7) is 7.24. The zero-order chi connectivity index (χ0) is 22.1. The van der Waals surface area contributed by atoms with Gasteiger partial charge in [0.2, 0.25) is 11.3 Å². The maximum absolute atomic E-state index is 12.8. The summed E-state index contributed by atoms with van der Waals surface area (Å²) in [7, 11) is 1.48. The molecule has 3 rings (SSSR count). The van der Waals surface area contributed by atoms with Crippen molar-refractivity contribution in [2.75, 3.05) is 7.11 Å². The van der Waals surface area contributed by atoms with Gasteiger partial charge in [-0.15, -0.1) is 0 Å². The van der Waals surface area contributed by atoms with Gasteiger partial charge in [-0.05, 0) is 35.2 Å². The van der Waals surface area contributed by atoms with Crippen molar-refractivity contribution in [3.63, 3.8) is 0 Å². The fourth-order valence-corrected chi connectivity index (χ4v) is 3.09. The molecule has 0 bridgehead atoms. The molecule has 1 aromatic heterocycles. The number of ketones is 1. The summed E-state index contributed by atoms with van der Waals surface area (Å²) < 4.78 is 11.0. The summed E-state index contributed by atoms with van der Waals surface area (Å²) in [5, 5.41) is 12.8. The lowest BCUT2D eigenvalue weighted by Gasteiger charge is -2.18. The monoisotopic (exact) mass is 408 g/mol. The molecule has 7 heteroatoms. The maximum Gasteiger partial charge on any atom is 0.338 e. The van der Waals surface area contributed by atoms with Crippen LogP contribution >= 0.6 is 0 Å². The van der Waals surface area contributed by atoms with Crippen LogP contribution < -0.4 is 9.47 Å². The van der Waals surface area contributed by atoms with Gasteiger partial charge in [0.05, 0.1) is 18.7 Å². The molecule has 7 nitrogen and oxygen atoms in total. The third kappa shape index (κ3) is 4.25. The topological polar surface area (TPSA) is 92.4 Å². The first-order chi connectivity index (χ1) is 14.1. The fourth-order valence-electron chi connectivity index (χ4n) is 3.09. The maximum atomic E-state index is 12.8. The van der Waals surface area contributed by atoms with Crippen LogP contribution in [0.2, 0.25) is 0 Å². The van der Waals surface area contributed by atoms with Crippen LogP contribution in [0.1, 0.15) is 59.8 Å². The molecule has 0 saturated heterocycles. The minimum atomic E-state index is -0.556. The Hall–Kier alpha value is -3.48. The number of fused-ring (bicyclic) bond motifs is 1. The number of Topliss-reactive ketones (excluding diaryl/α,β-unsaturated/α-hetero) is 1. The van der Waals surface area contributed by atoms with Gasteiger partial charge in [0.1, 0.15) is 17.9 Å². The van der Waals surface area contributed by atoms with Crippen molar-refractivity contribution in [2.24, 2.45) is 0 Å². The number of ether oxygens (including phenoxy) is 2. The van der Waals surface area contributed by atoms with Crippen LogP contribution in [0.25, 0.3) is 11.0 Å². The van der Waals surface area contributed by atoms with E-state index in [9.17, 15) is 14.8 Å². The van der Waals surface area contributed by atoms with Crippen molar-refractivity contribution < 1.29 is 23.8 Å². The molecule has 0 amide bonds. The zero-order valence-electron chi connectivity index (χ0n) is 17.7. The highest BCUT2D eigenvalue weighted by atomic mass is 16.5. The molecule has 2 aromatic carbocycles. The lowest BCUT2D eigenvalue weighted by atomic mass is 9.87. The third-order valence-electron chi connectivity index (χ3n) is 4.79. The van der Waals surface area contributed by atoms with Crippen LogP contribution in [0.3, 0.4) is 0 Å². The number of methoxy groups -OCH3 is 1. The van der Waals surface area contributed by atoms with Crippen LogP contribution in [0.5, 0.6) is 5.75 Å². The van der Waals surface area contributed by atoms with E-state index in [4.69, 9.17) is 9.47 Å². The van der Waals surface area contributed by atoms with Crippen LogP contribution in [0, 0.1) is 5.21 Å². The summed E-state index contributed by atoms with van der Waals surface area (Å²) >= 11 is 0. The van der Waals surface area contributed by atoms with E-state index < -0.39 is 11.8 Å². The Morgan fingerprint density at radius 3 is 2.33 bits per heavy atom. The molecule has 0 aliphatic heterocycles. The quantitative estimate of drug-likeness (QED) is 0.276. The SMILES string of the molecule is COc1ccc2nc(COC(=O)c3ccc(C(C)(C)C)cc3)c(C(C)=O)[n+]([O-])c2c1. The molecular weight excluding hydrogens is 384 g/mol. The number of rotatable bonds is 5. The summed E-state index contributed by atoms with van der Waals surface area (Å²) in [5.74, 6) is -0.553. The van der Waals surface area contributed by atoms with Crippen molar-refractivity contribution in [1.82, 2.24) is 4.98 Å². The van der Waals surface area contributed by atoms with Gasteiger partial charge < -0.3 is 14.7 Å². The molecule has 0 fully saturated rings. The number of carbonyl (C=O) groups excluding carboxylic acids is 2. The first-order valence-electron chi connectivity index (χ1n) is 9.50. The molecule has 3 aromatic rings. The van der Waals surface area contributed by atoms with E-state index in [1.807, 2.05) is 12.1 Å². The van der Waals surface area contributed by atoms with Gasteiger partial charge in [0, 0.05) is 6.92 Å². The number of nitrogens with zero attached hydrogens (tertiary/aromatic N) is 2. The highest BCUT2D eigenvalue weighted by Crippen LogP contribution is 2.23. The Kier molecular flexibility index (Phi) is 5.73. The molecule has 0 atom stereocenters. The Bertz CT molecular complexity index is 1120. The van der Waals surface area contributed by atoms with E-state index in [1.54, 1.807) is 24.3 Å². The second kappa shape index (κ2) is 8.10. The van der Waals surface area contributed by atoms with Crippen molar-refractivity contribution in [3.8, 4) is 5.75 Å². The number of esters is 1. The Morgan fingerprint density at radius 1 is 1.10 bits per heavy atom. The predicted octanol–water partition coefficient (Wildman–Crippen LogP) is 3.73. The Morgan fingerprint density at radius 2 is 1.77 bits per heavy atom. The molecule has 0 aliphatic carbocycles. The standard InChI is InChI=1S/C23H24N2O5/c1-14(26)21-19(24-18-11-10-17(29-5)12-20(18)25(21)28)13-30-22(27)15-6-8-16(9-7-15)23(2,3)4/h6-12H,13H2,1-5H3. The van der Waals surface area contributed by atoms with Crippen LogP contribution in [-0.4, -0.2) is 23.8 Å². The molecule has 0 spiro atoms. The van der Waals surface area contributed by atoms with Crippen molar-refractivity contribution in [3.05, 3.63) is 70.2 Å². The van der Waals surface area contributed by atoms with Crippen LogP contribution in [0.15, 0.2) is 42.5 Å². The van der Waals surface area contributed by atoms with Crippen molar-refractivity contribution in [2.45, 2.75) is 39.7 Å². The first kappa shape index (κ1) is 21.2. The normalized spacial score (nSPS) is 11.4. The van der Waals surface area contributed by atoms with Crippen molar-refractivity contribution >= 4 is 22.8 Å². The van der Waals surface area contributed by atoms with Gasteiger partial charge in [-0.1, -0.05) is 32.9 Å².